The summed E-state index contributed by atoms with van der Waals surface area (Å²) in [5, 5.41) is 0. The third kappa shape index (κ3) is 3.57. The number of aliphatic imine (C=N–C) groups is 1. The average molecular weight is 301 g/mol. The minimum atomic E-state index is -0.129. The standard InChI is InChI=1S/C19H27NO2/c1-14(13-18(21)22-4)19(3)12-8-11-17(19)20-15(2)16-9-6-5-7-10-16/h5-7,9-10,14-15H,8,11-13H2,1-4H3/t14-,15+,19-/m0/s1. The summed E-state index contributed by atoms with van der Waals surface area (Å²) in [7, 11) is 1.46. The number of esters is 1. The fourth-order valence-electron chi connectivity index (χ4n) is 3.39. The van der Waals surface area contributed by atoms with Crippen molar-refractivity contribution in [2.75, 3.05) is 7.11 Å². The van der Waals surface area contributed by atoms with Crippen LogP contribution in [0.5, 0.6) is 0 Å². The van der Waals surface area contributed by atoms with Gasteiger partial charge in [0.05, 0.1) is 13.2 Å². The van der Waals surface area contributed by atoms with Gasteiger partial charge in [0.2, 0.25) is 0 Å². The van der Waals surface area contributed by atoms with Crippen LogP contribution in [-0.4, -0.2) is 18.8 Å². The predicted molar refractivity (Wildman–Crippen MR) is 90.0 cm³/mol. The zero-order valence-corrected chi connectivity index (χ0v) is 14.1. The minimum Gasteiger partial charge on any atom is -0.469 e. The van der Waals surface area contributed by atoms with Gasteiger partial charge < -0.3 is 4.74 Å². The van der Waals surface area contributed by atoms with Gasteiger partial charge in [0.25, 0.3) is 0 Å². The number of hydrogen-bond donors (Lipinski definition) is 0. The lowest BCUT2D eigenvalue weighted by Crippen LogP contribution is -2.32. The van der Waals surface area contributed by atoms with Gasteiger partial charge in [-0.3, -0.25) is 9.79 Å². The maximum Gasteiger partial charge on any atom is 0.305 e. The largest absolute Gasteiger partial charge is 0.469 e. The summed E-state index contributed by atoms with van der Waals surface area (Å²) >= 11 is 0. The Hall–Kier alpha value is -1.64. The van der Waals surface area contributed by atoms with Crippen molar-refractivity contribution in [1.82, 2.24) is 0 Å². The van der Waals surface area contributed by atoms with Gasteiger partial charge in [-0.25, -0.2) is 0 Å². The molecule has 0 aromatic heterocycles. The lowest BCUT2D eigenvalue weighted by molar-refractivity contribution is -0.142. The molecule has 0 saturated heterocycles. The highest BCUT2D eigenvalue weighted by Crippen LogP contribution is 2.44. The number of methoxy groups -OCH3 is 1. The zero-order chi connectivity index (χ0) is 16.2. The van der Waals surface area contributed by atoms with E-state index < -0.39 is 0 Å². The molecule has 3 nitrogen and oxygen atoms in total. The highest BCUT2D eigenvalue weighted by atomic mass is 16.5. The van der Waals surface area contributed by atoms with Crippen molar-refractivity contribution in [2.45, 2.75) is 52.5 Å². The fraction of sp³-hybridized carbons (Fsp3) is 0.579. The molecule has 0 bridgehead atoms. The first kappa shape index (κ1) is 16.7. The van der Waals surface area contributed by atoms with Gasteiger partial charge in [-0.2, -0.15) is 0 Å². The Labute approximate surface area is 133 Å². The van der Waals surface area contributed by atoms with Crippen LogP contribution in [0.25, 0.3) is 0 Å². The van der Waals surface area contributed by atoms with Gasteiger partial charge in [0.15, 0.2) is 0 Å². The molecule has 0 spiro atoms. The zero-order valence-electron chi connectivity index (χ0n) is 14.1. The van der Waals surface area contributed by atoms with Crippen molar-refractivity contribution in [2.24, 2.45) is 16.3 Å². The maximum atomic E-state index is 11.6. The lowest BCUT2D eigenvalue weighted by Gasteiger charge is -2.32. The Morgan fingerprint density at radius 2 is 2.00 bits per heavy atom. The van der Waals surface area contributed by atoms with Crippen molar-refractivity contribution in [3.05, 3.63) is 35.9 Å². The smallest absolute Gasteiger partial charge is 0.305 e. The molecule has 0 N–H and O–H groups in total. The van der Waals surface area contributed by atoms with Crippen LogP contribution in [0.15, 0.2) is 35.3 Å². The molecule has 3 atom stereocenters. The van der Waals surface area contributed by atoms with Crippen LogP contribution in [0, 0.1) is 11.3 Å². The molecule has 1 aliphatic carbocycles. The van der Waals surface area contributed by atoms with Crippen LogP contribution in [0.4, 0.5) is 0 Å². The molecule has 0 amide bonds. The van der Waals surface area contributed by atoms with Gasteiger partial charge in [0, 0.05) is 17.5 Å². The van der Waals surface area contributed by atoms with Crippen molar-refractivity contribution in [1.29, 1.82) is 0 Å². The molecular formula is C19H27NO2. The number of ether oxygens (including phenoxy) is 1. The highest BCUT2D eigenvalue weighted by molar-refractivity contribution is 5.92. The Balaban J connectivity index is 2.18. The summed E-state index contributed by atoms with van der Waals surface area (Å²) in [6.07, 6.45) is 3.76. The van der Waals surface area contributed by atoms with E-state index in [0.29, 0.717) is 6.42 Å². The summed E-state index contributed by atoms with van der Waals surface area (Å²) in [4.78, 5) is 16.6. The molecule has 0 aliphatic heterocycles. The second-order valence-electron chi connectivity index (χ2n) is 6.61. The van der Waals surface area contributed by atoms with Gasteiger partial charge in [-0.1, -0.05) is 44.2 Å². The number of carbonyl (C=O) groups is 1. The molecule has 22 heavy (non-hydrogen) atoms. The maximum absolute atomic E-state index is 11.6. The van der Waals surface area contributed by atoms with Crippen LogP contribution in [-0.2, 0) is 9.53 Å². The second kappa shape index (κ2) is 7.08. The molecule has 0 heterocycles. The Kier molecular flexibility index (Phi) is 5.38. The van der Waals surface area contributed by atoms with Crippen LogP contribution in [0.2, 0.25) is 0 Å². The predicted octanol–water partition coefficient (Wildman–Crippen LogP) is 4.58. The summed E-state index contributed by atoms with van der Waals surface area (Å²) < 4.78 is 4.83. The SMILES string of the molecule is COC(=O)C[C@H](C)[C@]1(C)CCCC1=N[C@H](C)c1ccccc1. The molecule has 1 fully saturated rings. The van der Waals surface area contributed by atoms with Gasteiger partial charge in [-0.05, 0) is 37.7 Å². The molecule has 1 aromatic carbocycles. The molecule has 3 heteroatoms. The van der Waals surface area contributed by atoms with E-state index >= 15 is 0 Å². The highest BCUT2D eigenvalue weighted by Gasteiger charge is 2.41. The molecule has 1 aromatic rings. The summed E-state index contributed by atoms with van der Waals surface area (Å²) in [5.74, 6) is 0.125. The number of carbonyl (C=O) groups excluding carboxylic acids is 1. The third-order valence-corrected chi connectivity index (χ3v) is 5.19. The minimum absolute atomic E-state index is 0.0111. The summed E-state index contributed by atoms with van der Waals surface area (Å²) in [5.41, 5.74) is 2.52. The van der Waals surface area contributed by atoms with E-state index in [1.165, 1.54) is 18.4 Å². The van der Waals surface area contributed by atoms with E-state index in [1.54, 1.807) is 0 Å². The monoisotopic (exact) mass is 301 g/mol. The number of benzene rings is 1. The topological polar surface area (TPSA) is 38.7 Å². The van der Waals surface area contributed by atoms with E-state index in [0.717, 1.165) is 19.3 Å². The first-order chi connectivity index (χ1) is 10.5. The van der Waals surface area contributed by atoms with Crippen LogP contribution < -0.4 is 0 Å². The normalized spacial score (nSPS) is 25.9. The number of nitrogens with zero attached hydrogens (tertiary/aromatic N) is 1. The van der Waals surface area contributed by atoms with Crippen molar-refractivity contribution >= 4 is 11.7 Å². The molecule has 0 radical (unpaired) electrons. The third-order valence-electron chi connectivity index (χ3n) is 5.19. The molecular weight excluding hydrogens is 274 g/mol. The first-order valence-electron chi connectivity index (χ1n) is 8.16. The van der Waals surface area contributed by atoms with Crippen molar-refractivity contribution < 1.29 is 9.53 Å². The average Bonchev–Trinajstić information content (AvgIpc) is 2.90. The van der Waals surface area contributed by atoms with Gasteiger partial charge in [0.1, 0.15) is 0 Å². The van der Waals surface area contributed by atoms with E-state index in [-0.39, 0.29) is 23.3 Å². The Morgan fingerprint density at radius 3 is 2.64 bits per heavy atom. The van der Waals surface area contributed by atoms with Crippen molar-refractivity contribution in [3.63, 3.8) is 0 Å². The Morgan fingerprint density at radius 1 is 1.32 bits per heavy atom. The molecule has 2 rings (SSSR count). The van der Waals surface area contributed by atoms with E-state index in [9.17, 15) is 4.79 Å². The number of rotatable bonds is 5. The molecule has 120 valence electrons. The van der Waals surface area contributed by atoms with Gasteiger partial charge >= 0.3 is 5.97 Å². The molecule has 1 aliphatic rings. The second-order valence-corrected chi connectivity index (χ2v) is 6.61. The van der Waals surface area contributed by atoms with E-state index in [4.69, 9.17) is 9.73 Å². The number of hydrogen-bond acceptors (Lipinski definition) is 3. The van der Waals surface area contributed by atoms with Crippen LogP contribution in [0.3, 0.4) is 0 Å². The van der Waals surface area contributed by atoms with Gasteiger partial charge in [-0.15, -0.1) is 0 Å². The van der Waals surface area contributed by atoms with Crippen LogP contribution in [0.1, 0.15) is 58.1 Å². The van der Waals surface area contributed by atoms with Crippen LogP contribution >= 0.6 is 0 Å². The van der Waals surface area contributed by atoms with E-state index in [1.807, 2.05) is 6.07 Å². The van der Waals surface area contributed by atoms with Crippen molar-refractivity contribution in [3.8, 4) is 0 Å². The summed E-state index contributed by atoms with van der Waals surface area (Å²) in [6.45, 7) is 6.54. The summed E-state index contributed by atoms with van der Waals surface area (Å²) in [6, 6.07) is 10.6. The first-order valence-corrected chi connectivity index (χ1v) is 8.16. The quantitative estimate of drug-likeness (QED) is 0.747. The molecule has 0 unspecified atom stereocenters. The molecule has 1 saturated carbocycles. The Bertz CT molecular complexity index is 538. The fourth-order valence-corrected chi connectivity index (χ4v) is 3.39. The lowest BCUT2D eigenvalue weighted by atomic mass is 9.74. The van der Waals surface area contributed by atoms with E-state index in [2.05, 4.69) is 45.0 Å².